The first-order valence-electron chi connectivity index (χ1n) is 45.0. The lowest BCUT2D eigenvalue weighted by molar-refractivity contribution is -0.161. The van der Waals surface area contributed by atoms with E-state index in [1.165, 1.54) is 283 Å². The van der Waals surface area contributed by atoms with Crippen molar-refractivity contribution in [3.05, 3.63) is 0 Å². The zero-order chi connectivity index (χ0) is 77.8. The third-order valence-electron chi connectivity index (χ3n) is 20.8. The predicted molar refractivity (Wildman–Crippen MR) is 437 cm³/mol. The van der Waals surface area contributed by atoms with Gasteiger partial charge in [-0.3, -0.25) is 37.3 Å². The molecule has 6 atom stereocenters. The lowest BCUT2D eigenvalue weighted by atomic mass is 9.99. The lowest BCUT2D eigenvalue weighted by Gasteiger charge is -2.21. The van der Waals surface area contributed by atoms with Crippen LogP contribution in [-0.4, -0.2) is 96.7 Å². The van der Waals surface area contributed by atoms with Crippen LogP contribution < -0.4 is 0 Å². The summed E-state index contributed by atoms with van der Waals surface area (Å²) in [5, 5.41) is 10.7. The van der Waals surface area contributed by atoms with Crippen LogP contribution in [0.3, 0.4) is 0 Å². The van der Waals surface area contributed by atoms with Gasteiger partial charge in [0.1, 0.15) is 19.3 Å². The Morgan fingerprint density at radius 1 is 0.274 bits per heavy atom. The van der Waals surface area contributed by atoms with E-state index in [0.717, 1.165) is 102 Å². The van der Waals surface area contributed by atoms with Crippen molar-refractivity contribution < 1.29 is 80.2 Å². The first-order chi connectivity index (χ1) is 51.4. The van der Waals surface area contributed by atoms with Crippen molar-refractivity contribution in [2.75, 3.05) is 39.6 Å². The minimum atomic E-state index is -4.97. The Kier molecular flexibility index (Phi) is 76.9. The van der Waals surface area contributed by atoms with E-state index in [2.05, 4.69) is 41.5 Å². The molecule has 0 bridgehead atoms. The molecular weight excluding hydrogens is 1380 g/mol. The summed E-state index contributed by atoms with van der Waals surface area (Å²) >= 11 is 0. The van der Waals surface area contributed by atoms with E-state index >= 15 is 0 Å². The Bertz CT molecular complexity index is 2030. The van der Waals surface area contributed by atoms with Crippen molar-refractivity contribution >= 4 is 39.5 Å². The van der Waals surface area contributed by atoms with Gasteiger partial charge in [-0.1, -0.05) is 414 Å². The van der Waals surface area contributed by atoms with E-state index in [1.54, 1.807) is 0 Å². The molecule has 0 amide bonds. The van der Waals surface area contributed by atoms with E-state index in [9.17, 15) is 43.2 Å². The number of unbranched alkanes of at least 4 members (excludes halogenated alkanes) is 55. The summed E-state index contributed by atoms with van der Waals surface area (Å²) < 4.78 is 69.0. The van der Waals surface area contributed by atoms with Crippen molar-refractivity contribution in [3.8, 4) is 0 Å². The molecule has 0 rings (SSSR count). The number of carbonyl (C=O) groups excluding carboxylic acids is 4. The molecule has 0 saturated heterocycles. The SMILES string of the molecule is CCCCCCCCCCCCCCCCCCCCCCCC(=O)O[C@H](COC(=O)CCCCCCCCCCCCCCCCCCC)COP(=O)(O)OC[C@@H](O)COP(=O)(O)OC[C@@H](COC(=O)CCCCCCCCCCC(C)CC)OC(=O)CCCCCCCCCCCCCCCC(C)C. The molecule has 0 aromatic carbocycles. The maximum absolute atomic E-state index is 13.2. The molecule has 0 aliphatic rings. The molecule has 0 spiro atoms. The summed E-state index contributed by atoms with van der Waals surface area (Å²) in [6.07, 6.45) is 70.8. The van der Waals surface area contributed by atoms with Crippen LogP contribution in [0.5, 0.6) is 0 Å². The van der Waals surface area contributed by atoms with Gasteiger partial charge in [0.15, 0.2) is 12.2 Å². The summed E-state index contributed by atoms with van der Waals surface area (Å²) in [7, 11) is -9.93. The molecule has 0 fully saturated rings. The molecule has 19 heteroatoms. The molecular formula is C87H170O17P2. The molecule has 0 aromatic heterocycles. The molecule has 0 aliphatic heterocycles. The maximum Gasteiger partial charge on any atom is 0.472 e. The van der Waals surface area contributed by atoms with Gasteiger partial charge in [0, 0.05) is 25.7 Å². The monoisotopic (exact) mass is 1550 g/mol. The third kappa shape index (κ3) is 78.7. The molecule has 0 saturated carbocycles. The molecule has 0 radical (unpaired) electrons. The minimum absolute atomic E-state index is 0.107. The number of aliphatic hydroxyl groups is 1. The van der Waals surface area contributed by atoms with Crippen LogP contribution in [0.2, 0.25) is 0 Å². The number of phosphoric ester groups is 2. The quantitative estimate of drug-likeness (QED) is 0.0222. The second kappa shape index (κ2) is 78.3. The van der Waals surface area contributed by atoms with Gasteiger partial charge in [-0.05, 0) is 37.5 Å². The molecule has 17 nitrogen and oxygen atoms in total. The summed E-state index contributed by atoms with van der Waals surface area (Å²) in [4.78, 5) is 73.3. The van der Waals surface area contributed by atoms with Crippen LogP contribution >= 0.6 is 15.6 Å². The molecule has 0 aliphatic carbocycles. The normalized spacial score (nSPS) is 14.1. The van der Waals surface area contributed by atoms with Crippen molar-refractivity contribution in [2.45, 2.75) is 484 Å². The van der Waals surface area contributed by atoms with Crippen LogP contribution in [0.4, 0.5) is 0 Å². The molecule has 630 valence electrons. The van der Waals surface area contributed by atoms with Gasteiger partial charge in [-0.2, -0.15) is 0 Å². The molecule has 0 aromatic rings. The predicted octanol–water partition coefficient (Wildman–Crippen LogP) is 26.6. The van der Waals surface area contributed by atoms with Crippen LogP contribution in [0, 0.1) is 11.8 Å². The van der Waals surface area contributed by atoms with Crippen LogP contribution in [0.1, 0.15) is 465 Å². The van der Waals surface area contributed by atoms with Gasteiger partial charge >= 0.3 is 39.5 Å². The minimum Gasteiger partial charge on any atom is -0.462 e. The van der Waals surface area contributed by atoms with Gasteiger partial charge < -0.3 is 33.8 Å². The summed E-state index contributed by atoms with van der Waals surface area (Å²) in [6, 6.07) is 0. The third-order valence-corrected chi connectivity index (χ3v) is 22.7. The van der Waals surface area contributed by atoms with Gasteiger partial charge in [-0.25, -0.2) is 9.13 Å². The molecule has 3 N–H and O–H groups in total. The number of rotatable bonds is 86. The summed E-state index contributed by atoms with van der Waals surface area (Å²) in [5.74, 6) is -0.537. The highest BCUT2D eigenvalue weighted by atomic mass is 31.2. The summed E-state index contributed by atoms with van der Waals surface area (Å²) in [6.45, 7) is 9.70. The fraction of sp³-hybridized carbons (Fsp3) is 0.954. The highest BCUT2D eigenvalue weighted by Gasteiger charge is 2.30. The smallest absolute Gasteiger partial charge is 0.462 e. The Hall–Kier alpha value is -1.94. The lowest BCUT2D eigenvalue weighted by Crippen LogP contribution is -2.30. The Balaban J connectivity index is 5.25. The molecule has 3 unspecified atom stereocenters. The van der Waals surface area contributed by atoms with Gasteiger partial charge in [-0.15, -0.1) is 0 Å². The van der Waals surface area contributed by atoms with Gasteiger partial charge in [0.2, 0.25) is 0 Å². The standard InChI is InChI=1S/C87H170O17P2/c1-7-10-12-14-16-18-20-22-24-26-27-28-29-31-33-37-41-45-53-59-65-71-86(91)103-82(75-97-84(89)69-63-57-51-44-40-36-32-30-25-23-21-19-17-15-13-11-8-2)77-101-105(93,94)99-73-81(88)74-100-106(95,96)102-78-83(76-98-85(90)70-64-58-52-48-47-50-56-62-68-80(6)9-3)104-87(92)72-66-60-54-46-42-38-34-35-39-43-49-55-61-67-79(4)5/h79-83,88H,7-78H2,1-6H3,(H,93,94)(H,95,96)/t80?,81-,82-,83-/m1/s1. The first kappa shape index (κ1) is 104. The topological polar surface area (TPSA) is 237 Å². The Labute approximate surface area is 651 Å². The summed E-state index contributed by atoms with van der Waals surface area (Å²) in [5.41, 5.74) is 0. The van der Waals surface area contributed by atoms with Crippen molar-refractivity contribution in [2.24, 2.45) is 11.8 Å². The van der Waals surface area contributed by atoms with Crippen molar-refractivity contribution in [1.29, 1.82) is 0 Å². The second-order valence-corrected chi connectivity index (χ2v) is 34.9. The fourth-order valence-electron chi connectivity index (χ4n) is 13.6. The Morgan fingerprint density at radius 2 is 0.481 bits per heavy atom. The van der Waals surface area contributed by atoms with Crippen LogP contribution in [-0.2, 0) is 65.4 Å². The zero-order valence-corrected chi connectivity index (χ0v) is 71.5. The number of hydrogen-bond acceptors (Lipinski definition) is 15. The highest BCUT2D eigenvalue weighted by Crippen LogP contribution is 2.45. The Morgan fingerprint density at radius 3 is 0.717 bits per heavy atom. The molecule has 106 heavy (non-hydrogen) atoms. The largest absolute Gasteiger partial charge is 0.472 e. The average molecular weight is 1550 g/mol. The van der Waals surface area contributed by atoms with E-state index in [0.29, 0.717) is 25.7 Å². The number of hydrogen-bond donors (Lipinski definition) is 3. The number of aliphatic hydroxyl groups excluding tert-OH is 1. The second-order valence-electron chi connectivity index (χ2n) is 32.0. The fourth-order valence-corrected chi connectivity index (χ4v) is 15.1. The van der Waals surface area contributed by atoms with Crippen LogP contribution in [0.15, 0.2) is 0 Å². The van der Waals surface area contributed by atoms with Crippen LogP contribution in [0.25, 0.3) is 0 Å². The number of phosphoric acid groups is 2. The van der Waals surface area contributed by atoms with E-state index in [-0.39, 0.29) is 25.7 Å². The number of carbonyl (C=O) groups is 4. The van der Waals surface area contributed by atoms with Gasteiger partial charge in [0.25, 0.3) is 0 Å². The van der Waals surface area contributed by atoms with E-state index < -0.39 is 97.5 Å². The first-order valence-corrected chi connectivity index (χ1v) is 48.0. The van der Waals surface area contributed by atoms with E-state index in [1.807, 2.05) is 0 Å². The highest BCUT2D eigenvalue weighted by molar-refractivity contribution is 7.47. The maximum atomic E-state index is 13.2. The van der Waals surface area contributed by atoms with Crippen molar-refractivity contribution in [3.63, 3.8) is 0 Å². The average Bonchev–Trinajstić information content (AvgIpc) is 0.908. The number of ether oxygens (including phenoxy) is 4. The van der Waals surface area contributed by atoms with E-state index in [4.69, 9.17) is 37.0 Å². The zero-order valence-electron chi connectivity index (χ0n) is 69.7. The van der Waals surface area contributed by atoms with Gasteiger partial charge in [0.05, 0.1) is 26.4 Å². The number of esters is 4. The van der Waals surface area contributed by atoms with Crippen molar-refractivity contribution in [1.82, 2.24) is 0 Å². The molecule has 0 heterocycles.